The van der Waals surface area contributed by atoms with Gasteiger partial charge in [-0.3, -0.25) is 9.20 Å². The Bertz CT molecular complexity index is 947. The van der Waals surface area contributed by atoms with Crippen LogP contribution in [0.1, 0.15) is 35.6 Å². The molecule has 0 saturated carbocycles. The Morgan fingerprint density at radius 1 is 1.29 bits per heavy atom. The number of carbonyl (C=O) groups is 1. The highest BCUT2D eigenvalue weighted by Crippen LogP contribution is 2.33. The molecule has 1 unspecified atom stereocenters. The van der Waals surface area contributed by atoms with Crippen LogP contribution in [0.15, 0.2) is 47.1 Å². The lowest BCUT2D eigenvalue weighted by Gasteiger charge is -2.23. The van der Waals surface area contributed by atoms with Crippen LogP contribution in [0.25, 0.3) is 5.65 Å². The molecule has 4 rings (SSSR count). The molecular weight excluding hydrogens is 366 g/mol. The monoisotopic (exact) mass is 383 g/mol. The number of imidazole rings is 1. The number of rotatable bonds is 2. The van der Waals surface area contributed by atoms with Crippen molar-refractivity contribution in [2.24, 2.45) is 0 Å². The molecule has 1 aliphatic heterocycles. The Hall–Kier alpha value is -2.14. The SMILES string of the molecule is CCc1nc2ccc(Br)cn2c1C(=O)N1c2ccccc2CC1C. The molecule has 1 aliphatic rings. The number of pyridine rings is 1. The van der Waals surface area contributed by atoms with Crippen molar-refractivity contribution in [3.8, 4) is 0 Å². The number of anilines is 1. The zero-order valence-electron chi connectivity index (χ0n) is 13.7. The van der Waals surface area contributed by atoms with Crippen molar-refractivity contribution >= 4 is 33.2 Å². The number of nitrogens with zero attached hydrogens (tertiary/aromatic N) is 3. The lowest BCUT2D eigenvalue weighted by molar-refractivity contribution is 0.0975. The maximum Gasteiger partial charge on any atom is 0.277 e. The Kier molecular flexibility index (Phi) is 3.68. The molecule has 4 nitrogen and oxygen atoms in total. The molecule has 0 N–H and O–H groups in total. The third-order valence-electron chi connectivity index (χ3n) is 4.62. The number of hydrogen-bond donors (Lipinski definition) is 0. The fourth-order valence-corrected chi connectivity index (χ4v) is 3.87. The molecule has 0 bridgehead atoms. The van der Waals surface area contributed by atoms with E-state index in [0.29, 0.717) is 5.69 Å². The zero-order valence-corrected chi connectivity index (χ0v) is 15.2. The van der Waals surface area contributed by atoms with Crippen LogP contribution in [-0.4, -0.2) is 21.3 Å². The average Bonchev–Trinajstić information content (AvgIpc) is 3.10. The highest BCUT2D eigenvalue weighted by atomic mass is 79.9. The standard InChI is InChI=1S/C19H18BrN3O/c1-3-15-18(22-11-14(20)8-9-17(22)21-15)19(24)23-12(2)10-13-6-4-5-7-16(13)23/h4-9,11-12H,3,10H2,1-2H3. The molecular formula is C19H18BrN3O. The fraction of sp³-hybridized carbons (Fsp3) is 0.263. The second kappa shape index (κ2) is 5.74. The van der Waals surface area contributed by atoms with Gasteiger partial charge < -0.3 is 4.90 Å². The van der Waals surface area contributed by atoms with E-state index in [-0.39, 0.29) is 11.9 Å². The zero-order chi connectivity index (χ0) is 16.8. The first-order valence-electron chi connectivity index (χ1n) is 8.18. The van der Waals surface area contributed by atoms with Gasteiger partial charge in [-0.15, -0.1) is 0 Å². The highest BCUT2D eigenvalue weighted by molar-refractivity contribution is 9.10. The predicted molar refractivity (Wildman–Crippen MR) is 98.7 cm³/mol. The Morgan fingerprint density at radius 2 is 2.08 bits per heavy atom. The number of aromatic nitrogens is 2. The van der Waals surface area contributed by atoms with Crippen LogP contribution in [-0.2, 0) is 12.8 Å². The van der Waals surface area contributed by atoms with Gasteiger partial charge in [0.15, 0.2) is 0 Å². The van der Waals surface area contributed by atoms with E-state index in [1.807, 2.05) is 52.8 Å². The summed E-state index contributed by atoms with van der Waals surface area (Å²) in [4.78, 5) is 20.0. The number of halogens is 1. The van der Waals surface area contributed by atoms with Crippen molar-refractivity contribution in [3.05, 3.63) is 64.0 Å². The first-order chi connectivity index (χ1) is 11.6. The van der Waals surface area contributed by atoms with Crippen molar-refractivity contribution in [1.82, 2.24) is 9.38 Å². The normalized spacial score (nSPS) is 16.6. The molecule has 24 heavy (non-hydrogen) atoms. The summed E-state index contributed by atoms with van der Waals surface area (Å²) in [6.45, 7) is 4.14. The smallest absolute Gasteiger partial charge is 0.277 e. The quantitative estimate of drug-likeness (QED) is 0.663. The summed E-state index contributed by atoms with van der Waals surface area (Å²) in [5, 5.41) is 0. The molecule has 0 saturated heterocycles. The molecule has 1 atom stereocenters. The summed E-state index contributed by atoms with van der Waals surface area (Å²) in [7, 11) is 0. The number of aryl methyl sites for hydroxylation is 1. The van der Waals surface area contributed by atoms with E-state index >= 15 is 0 Å². The molecule has 2 aromatic heterocycles. The van der Waals surface area contributed by atoms with Gasteiger partial charge in [0.2, 0.25) is 0 Å². The molecule has 5 heteroatoms. The van der Waals surface area contributed by atoms with Crippen molar-refractivity contribution in [1.29, 1.82) is 0 Å². The number of amides is 1. The van der Waals surface area contributed by atoms with E-state index in [2.05, 4.69) is 33.9 Å². The number of fused-ring (bicyclic) bond motifs is 2. The number of para-hydroxylation sites is 1. The fourth-order valence-electron chi connectivity index (χ4n) is 3.53. The third-order valence-corrected chi connectivity index (χ3v) is 5.09. The number of carbonyl (C=O) groups excluding carboxylic acids is 1. The van der Waals surface area contributed by atoms with Crippen molar-refractivity contribution < 1.29 is 4.79 Å². The Balaban J connectivity index is 1.89. The van der Waals surface area contributed by atoms with Crippen LogP contribution < -0.4 is 4.90 Å². The maximum absolute atomic E-state index is 13.4. The molecule has 0 fully saturated rings. The van der Waals surface area contributed by atoms with E-state index in [0.717, 1.165) is 34.3 Å². The minimum atomic E-state index is 0.0231. The van der Waals surface area contributed by atoms with Gasteiger partial charge in [-0.2, -0.15) is 0 Å². The van der Waals surface area contributed by atoms with Crippen molar-refractivity contribution in [3.63, 3.8) is 0 Å². The molecule has 0 aliphatic carbocycles. The summed E-state index contributed by atoms with van der Waals surface area (Å²) >= 11 is 3.49. The van der Waals surface area contributed by atoms with Crippen molar-refractivity contribution in [2.75, 3.05) is 4.90 Å². The minimum Gasteiger partial charge on any atom is -0.304 e. The summed E-state index contributed by atoms with van der Waals surface area (Å²) in [5.74, 6) is 0.0231. The molecule has 122 valence electrons. The van der Waals surface area contributed by atoms with Gasteiger partial charge in [0, 0.05) is 22.4 Å². The van der Waals surface area contributed by atoms with Gasteiger partial charge in [-0.25, -0.2) is 4.98 Å². The molecule has 0 spiro atoms. The lowest BCUT2D eigenvalue weighted by atomic mass is 10.1. The van der Waals surface area contributed by atoms with E-state index < -0.39 is 0 Å². The van der Waals surface area contributed by atoms with E-state index in [4.69, 9.17) is 0 Å². The van der Waals surface area contributed by atoms with Crippen molar-refractivity contribution in [2.45, 2.75) is 32.7 Å². The topological polar surface area (TPSA) is 37.6 Å². The van der Waals surface area contributed by atoms with E-state index in [1.165, 1.54) is 5.56 Å². The first-order valence-corrected chi connectivity index (χ1v) is 8.97. The summed E-state index contributed by atoms with van der Waals surface area (Å²) in [6.07, 6.45) is 3.54. The summed E-state index contributed by atoms with van der Waals surface area (Å²) < 4.78 is 2.83. The molecule has 1 amide bonds. The summed E-state index contributed by atoms with van der Waals surface area (Å²) in [5.41, 5.74) is 4.55. The van der Waals surface area contributed by atoms with E-state index in [9.17, 15) is 4.79 Å². The Morgan fingerprint density at radius 3 is 2.88 bits per heavy atom. The van der Waals surface area contributed by atoms with Gasteiger partial charge in [-0.05, 0) is 59.5 Å². The average molecular weight is 384 g/mol. The minimum absolute atomic E-state index is 0.0231. The van der Waals surface area contributed by atoms with Crippen LogP contribution in [0.2, 0.25) is 0 Å². The highest BCUT2D eigenvalue weighted by Gasteiger charge is 2.34. The second-order valence-corrected chi connectivity index (χ2v) is 7.11. The van der Waals surface area contributed by atoms with Gasteiger partial charge in [0.25, 0.3) is 5.91 Å². The molecule has 1 aromatic carbocycles. The van der Waals surface area contributed by atoms with Crippen LogP contribution in [0, 0.1) is 0 Å². The third kappa shape index (κ3) is 2.26. The van der Waals surface area contributed by atoms with Gasteiger partial charge in [0.1, 0.15) is 11.3 Å². The Labute approximate surface area is 149 Å². The lowest BCUT2D eigenvalue weighted by Crippen LogP contribution is -2.37. The first kappa shape index (κ1) is 15.4. The number of benzene rings is 1. The van der Waals surface area contributed by atoms with Gasteiger partial charge in [-0.1, -0.05) is 25.1 Å². The molecule has 0 radical (unpaired) electrons. The van der Waals surface area contributed by atoms with E-state index in [1.54, 1.807) is 0 Å². The van der Waals surface area contributed by atoms with Gasteiger partial charge in [0.05, 0.1) is 5.69 Å². The van der Waals surface area contributed by atoms with Crippen LogP contribution in [0.5, 0.6) is 0 Å². The largest absolute Gasteiger partial charge is 0.304 e. The van der Waals surface area contributed by atoms with Crippen LogP contribution >= 0.6 is 15.9 Å². The molecule has 3 aromatic rings. The molecule has 3 heterocycles. The summed E-state index contributed by atoms with van der Waals surface area (Å²) in [6, 6.07) is 12.2. The second-order valence-electron chi connectivity index (χ2n) is 6.19. The van der Waals surface area contributed by atoms with Crippen LogP contribution in [0.4, 0.5) is 5.69 Å². The van der Waals surface area contributed by atoms with Crippen LogP contribution in [0.3, 0.4) is 0 Å². The number of hydrogen-bond acceptors (Lipinski definition) is 2. The maximum atomic E-state index is 13.4. The van der Waals surface area contributed by atoms with Gasteiger partial charge >= 0.3 is 0 Å². The predicted octanol–water partition coefficient (Wildman–Crippen LogP) is 4.25.